The predicted octanol–water partition coefficient (Wildman–Crippen LogP) is 3.65. The Hall–Kier alpha value is -2.57. The summed E-state index contributed by atoms with van der Waals surface area (Å²) in [5.41, 5.74) is 7.61. The van der Waals surface area contributed by atoms with Gasteiger partial charge in [-0.05, 0) is 55.5 Å². The van der Waals surface area contributed by atoms with Gasteiger partial charge in [-0.25, -0.2) is 0 Å². The second-order valence-corrected chi connectivity index (χ2v) is 7.50. The van der Waals surface area contributed by atoms with Gasteiger partial charge in [0, 0.05) is 30.6 Å². The summed E-state index contributed by atoms with van der Waals surface area (Å²) in [6, 6.07) is 17.2. The number of amides is 2. The summed E-state index contributed by atoms with van der Waals surface area (Å²) >= 11 is 0. The van der Waals surface area contributed by atoms with Crippen LogP contribution in [0.25, 0.3) is 0 Å². The fraction of sp³-hybridized carbons (Fsp3) is 0.391. The molecule has 2 amide bonds. The van der Waals surface area contributed by atoms with E-state index in [1.54, 1.807) is 0 Å². The molecule has 0 aliphatic heterocycles. The summed E-state index contributed by atoms with van der Waals surface area (Å²) in [6.45, 7) is 0.984. The Morgan fingerprint density at radius 2 is 1.77 bits per heavy atom. The minimum absolute atomic E-state index is 0. The molecule has 1 aliphatic rings. The van der Waals surface area contributed by atoms with Crippen molar-refractivity contribution >= 4 is 29.9 Å². The number of nitrogens with one attached hydrogen (secondary N) is 2. The van der Waals surface area contributed by atoms with Crippen LogP contribution in [0, 0.1) is 5.92 Å². The van der Waals surface area contributed by atoms with Crippen molar-refractivity contribution < 1.29 is 14.3 Å². The van der Waals surface area contributed by atoms with Crippen LogP contribution in [0.2, 0.25) is 0 Å². The summed E-state index contributed by atoms with van der Waals surface area (Å²) < 4.78 is 5.59. The molecule has 2 unspecified atom stereocenters. The molecule has 0 radical (unpaired) electrons. The van der Waals surface area contributed by atoms with Crippen molar-refractivity contribution in [3.63, 3.8) is 0 Å². The molecule has 0 heterocycles. The molecular formula is C23H30ClN3O3. The quantitative estimate of drug-likeness (QED) is 0.528. The van der Waals surface area contributed by atoms with Crippen LogP contribution in [0.15, 0.2) is 54.6 Å². The van der Waals surface area contributed by atoms with Crippen LogP contribution in [-0.4, -0.2) is 24.5 Å². The number of hydrogen-bond acceptors (Lipinski definition) is 4. The number of rotatable bonds is 9. The van der Waals surface area contributed by atoms with Crippen molar-refractivity contribution in [2.75, 3.05) is 11.9 Å². The van der Waals surface area contributed by atoms with Gasteiger partial charge >= 0.3 is 0 Å². The smallest absolute Gasteiger partial charge is 0.224 e. The molecule has 7 heteroatoms. The predicted molar refractivity (Wildman–Crippen MR) is 121 cm³/mol. The van der Waals surface area contributed by atoms with E-state index in [1.165, 1.54) is 0 Å². The lowest BCUT2D eigenvalue weighted by atomic mass is 10.1. The lowest BCUT2D eigenvalue weighted by Gasteiger charge is -2.11. The zero-order chi connectivity index (χ0) is 20.5. The largest absolute Gasteiger partial charge is 0.494 e. The van der Waals surface area contributed by atoms with Gasteiger partial charge in [0.2, 0.25) is 11.8 Å². The summed E-state index contributed by atoms with van der Waals surface area (Å²) in [5, 5.41) is 5.86. The van der Waals surface area contributed by atoms with E-state index in [9.17, 15) is 9.59 Å². The van der Waals surface area contributed by atoms with Crippen molar-refractivity contribution in [3.05, 3.63) is 60.2 Å². The molecule has 0 aromatic heterocycles. The van der Waals surface area contributed by atoms with E-state index in [0.29, 0.717) is 26.0 Å². The molecule has 1 fully saturated rings. The Bertz CT molecular complexity index is 799. The summed E-state index contributed by atoms with van der Waals surface area (Å²) in [6.07, 6.45) is 3.61. The first-order valence-corrected chi connectivity index (χ1v) is 10.2. The highest BCUT2D eigenvalue weighted by Crippen LogP contribution is 2.24. The average Bonchev–Trinajstić information content (AvgIpc) is 3.18. The van der Waals surface area contributed by atoms with Crippen molar-refractivity contribution in [2.45, 2.75) is 44.7 Å². The van der Waals surface area contributed by atoms with Crippen molar-refractivity contribution in [2.24, 2.45) is 11.7 Å². The fourth-order valence-corrected chi connectivity index (χ4v) is 3.46. The fourth-order valence-electron chi connectivity index (χ4n) is 3.46. The van der Waals surface area contributed by atoms with Crippen molar-refractivity contribution in [3.8, 4) is 5.75 Å². The van der Waals surface area contributed by atoms with Crippen LogP contribution in [0.4, 0.5) is 5.69 Å². The summed E-state index contributed by atoms with van der Waals surface area (Å²) in [4.78, 5) is 24.2. The topological polar surface area (TPSA) is 93.5 Å². The number of anilines is 1. The van der Waals surface area contributed by atoms with E-state index < -0.39 is 0 Å². The third-order valence-electron chi connectivity index (χ3n) is 5.11. The number of ether oxygens (including phenoxy) is 1. The van der Waals surface area contributed by atoms with Gasteiger partial charge in [0.1, 0.15) is 5.75 Å². The van der Waals surface area contributed by atoms with Crippen LogP contribution < -0.4 is 21.1 Å². The maximum atomic E-state index is 12.2. The normalized spacial score (nSPS) is 17.6. The number of halogens is 1. The van der Waals surface area contributed by atoms with Crippen LogP contribution in [-0.2, 0) is 16.1 Å². The Kier molecular flexibility index (Phi) is 9.64. The minimum Gasteiger partial charge on any atom is -0.494 e. The Balaban J connectivity index is 0.00000320. The molecule has 0 spiro atoms. The summed E-state index contributed by atoms with van der Waals surface area (Å²) in [7, 11) is 0. The highest BCUT2D eigenvalue weighted by molar-refractivity contribution is 5.90. The van der Waals surface area contributed by atoms with Gasteiger partial charge in [-0.3, -0.25) is 9.59 Å². The molecular weight excluding hydrogens is 402 g/mol. The van der Waals surface area contributed by atoms with E-state index >= 15 is 0 Å². The lowest BCUT2D eigenvalue weighted by molar-refractivity contribution is -0.125. The molecule has 2 aromatic carbocycles. The average molecular weight is 432 g/mol. The second-order valence-electron chi connectivity index (χ2n) is 7.50. The number of hydrogen-bond donors (Lipinski definition) is 3. The standard InChI is InChI=1S/C23H29N3O3.ClH/c24-19-11-10-18(15-19)23(28)25-16-17-8-12-20(13-9-17)26-22(27)7-4-14-29-21-5-2-1-3-6-21;/h1-3,5-6,8-9,12-13,18-19H,4,7,10-11,14-16,24H2,(H,25,28)(H,26,27);1H. The lowest BCUT2D eigenvalue weighted by Crippen LogP contribution is -2.29. The monoisotopic (exact) mass is 431 g/mol. The third-order valence-corrected chi connectivity index (χ3v) is 5.11. The number of para-hydroxylation sites is 1. The third kappa shape index (κ3) is 7.69. The van der Waals surface area contributed by atoms with Gasteiger partial charge in [-0.1, -0.05) is 30.3 Å². The van der Waals surface area contributed by atoms with Crippen LogP contribution in [0.5, 0.6) is 5.75 Å². The summed E-state index contributed by atoms with van der Waals surface area (Å²) in [5.74, 6) is 0.883. The SMILES string of the molecule is Cl.NC1CCC(C(=O)NCc2ccc(NC(=O)CCCOc3ccccc3)cc2)C1. The Morgan fingerprint density at radius 1 is 1.03 bits per heavy atom. The zero-order valence-corrected chi connectivity index (χ0v) is 17.8. The van der Waals surface area contributed by atoms with Gasteiger partial charge in [0.05, 0.1) is 6.61 Å². The van der Waals surface area contributed by atoms with Crippen molar-refractivity contribution in [1.82, 2.24) is 5.32 Å². The molecule has 2 atom stereocenters. The number of benzene rings is 2. The zero-order valence-electron chi connectivity index (χ0n) is 17.0. The maximum absolute atomic E-state index is 12.2. The van der Waals surface area contributed by atoms with Gasteiger partial charge in [0.25, 0.3) is 0 Å². The molecule has 2 aromatic rings. The van der Waals surface area contributed by atoms with E-state index in [2.05, 4.69) is 10.6 Å². The molecule has 30 heavy (non-hydrogen) atoms. The second kappa shape index (κ2) is 12.2. The first-order chi connectivity index (χ1) is 14.1. The molecule has 0 saturated heterocycles. The first-order valence-electron chi connectivity index (χ1n) is 10.2. The Labute approximate surface area is 184 Å². The molecule has 6 nitrogen and oxygen atoms in total. The van der Waals surface area contributed by atoms with Gasteiger partial charge < -0.3 is 21.1 Å². The molecule has 1 saturated carbocycles. The van der Waals surface area contributed by atoms with Gasteiger partial charge in [-0.15, -0.1) is 12.4 Å². The molecule has 4 N–H and O–H groups in total. The van der Waals surface area contributed by atoms with Gasteiger partial charge in [0.15, 0.2) is 0 Å². The molecule has 0 bridgehead atoms. The highest BCUT2D eigenvalue weighted by atomic mass is 35.5. The van der Waals surface area contributed by atoms with Crippen molar-refractivity contribution in [1.29, 1.82) is 0 Å². The molecule has 1 aliphatic carbocycles. The minimum atomic E-state index is -0.0414. The highest BCUT2D eigenvalue weighted by Gasteiger charge is 2.27. The molecule has 3 rings (SSSR count). The van der Waals surface area contributed by atoms with E-state index in [1.807, 2.05) is 54.6 Å². The maximum Gasteiger partial charge on any atom is 0.224 e. The first kappa shape index (κ1) is 23.7. The number of carbonyl (C=O) groups excluding carboxylic acids is 2. The molecule has 162 valence electrons. The van der Waals surface area contributed by atoms with E-state index in [-0.39, 0.29) is 36.2 Å². The number of nitrogens with two attached hydrogens (primary N) is 1. The van der Waals surface area contributed by atoms with E-state index in [0.717, 1.165) is 36.3 Å². The van der Waals surface area contributed by atoms with Crippen LogP contribution >= 0.6 is 12.4 Å². The Morgan fingerprint density at radius 3 is 2.43 bits per heavy atom. The van der Waals surface area contributed by atoms with Crippen LogP contribution in [0.3, 0.4) is 0 Å². The van der Waals surface area contributed by atoms with Gasteiger partial charge in [-0.2, -0.15) is 0 Å². The van der Waals surface area contributed by atoms with Crippen LogP contribution in [0.1, 0.15) is 37.7 Å². The van der Waals surface area contributed by atoms with E-state index in [4.69, 9.17) is 10.5 Å². The number of carbonyl (C=O) groups is 2.